The van der Waals surface area contributed by atoms with Crippen LogP contribution in [0, 0.1) is 11.8 Å². The summed E-state index contributed by atoms with van der Waals surface area (Å²) in [7, 11) is 3.16. The first-order chi connectivity index (χ1) is 15.5. The first-order valence-corrected chi connectivity index (χ1v) is 11.0. The van der Waals surface area contributed by atoms with Gasteiger partial charge < -0.3 is 26.2 Å². The second kappa shape index (κ2) is 6.91. The number of carbonyl (C=O) groups excluding carboxylic acids is 3. The molecule has 174 valence electrons. The minimum atomic E-state index is -2.60. The maximum absolute atomic E-state index is 13.7. The highest BCUT2D eigenvalue weighted by Crippen LogP contribution is 2.54. The van der Waals surface area contributed by atoms with Crippen molar-refractivity contribution in [2.24, 2.45) is 17.6 Å². The number of hydrogen-bond acceptors (Lipinski definition) is 8. The number of rotatable bonds is 3. The Hall–Kier alpha value is -3.17. The molecular weight excluding hydrogens is 428 g/mol. The number of hydrogen-bond donors (Lipinski definition) is 5. The number of aliphatic hydroxyl groups excluding tert-OH is 2. The van der Waals surface area contributed by atoms with E-state index in [1.807, 2.05) is 6.07 Å². The van der Waals surface area contributed by atoms with Gasteiger partial charge in [0.1, 0.15) is 22.8 Å². The van der Waals surface area contributed by atoms with E-state index >= 15 is 0 Å². The number of Topliss-reactive ketones (excluding diaryl/α,β-unsaturated/α-hetero) is 2. The molecule has 6 N–H and O–H groups in total. The van der Waals surface area contributed by atoms with E-state index in [1.54, 1.807) is 14.1 Å². The molecule has 0 radical (unpaired) electrons. The van der Waals surface area contributed by atoms with E-state index in [1.165, 1.54) is 11.0 Å². The van der Waals surface area contributed by atoms with Gasteiger partial charge in [0.2, 0.25) is 5.78 Å². The van der Waals surface area contributed by atoms with Crippen LogP contribution < -0.4 is 5.73 Å². The zero-order valence-electron chi connectivity index (χ0n) is 18.3. The number of aromatic hydroxyl groups is 1. The summed E-state index contributed by atoms with van der Waals surface area (Å²) in [6.45, 7) is 0. The summed E-state index contributed by atoms with van der Waals surface area (Å²) in [5, 5.41) is 44.0. The van der Waals surface area contributed by atoms with Gasteiger partial charge in [-0.15, -0.1) is 0 Å². The Morgan fingerprint density at radius 1 is 1.12 bits per heavy atom. The second-order valence-electron chi connectivity index (χ2n) is 9.76. The van der Waals surface area contributed by atoms with Crippen LogP contribution in [0.1, 0.15) is 41.9 Å². The second-order valence-corrected chi connectivity index (χ2v) is 9.76. The summed E-state index contributed by atoms with van der Waals surface area (Å²) in [6.07, 6.45) is 2.46. The third kappa shape index (κ3) is 2.75. The van der Waals surface area contributed by atoms with Crippen LogP contribution in [-0.4, -0.2) is 68.5 Å². The van der Waals surface area contributed by atoms with Crippen LogP contribution in [0.2, 0.25) is 0 Å². The fraction of sp³-hybridized carbons (Fsp3) is 0.458. The molecule has 4 aliphatic carbocycles. The van der Waals surface area contributed by atoms with Crippen molar-refractivity contribution in [3.63, 3.8) is 0 Å². The Morgan fingerprint density at radius 3 is 2.36 bits per heavy atom. The minimum absolute atomic E-state index is 0.103. The van der Waals surface area contributed by atoms with E-state index in [-0.39, 0.29) is 23.3 Å². The lowest BCUT2D eigenvalue weighted by atomic mass is 9.57. The van der Waals surface area contributed by atoms with Gasteiger partial charge in [0.25, 0.3) is 5.91 Å². The Bertz CT molecular complexity index is 1190. The number of phenols is 1. The number of primary amides is 1. The van der Waals surface area contributed by atoms with Crippen LogP contribution in [0.5, 0.6) is 5.75 Å². The standard InChI is InChI=1S/C24H26N2O7/c1-26(2)18-13-8-10-7-12-11(9-3-4-9)5-6-14(27)16(12)19(28)15(10)21(30)24(13,33)22(31)17(20(18)29)23(25)32/h5-6,9-10,13,18,27-28,31,33H,3-4,7-8H2,1-2H3,(H2,25,32). The summed E-state index contributed by atoms with van der Waals surface area (Å²) < 4.78 is 0. The van der Waals surface area contributed by atoms with Gasteiger partial charge in [-0.1, -0.05) is 6.07 Å². The minimum Gasteiger partial charge on any atom is -0.508 e. The first-order valence-electron chi connectivity index (χ1n) is 11.0. The molecule has 9 heteroatoms. The highest BCUT2D eigenvalue weighted by Gasteiger charge is 2.64. The highest BCUT2D eigenvalue weighted by atomic mass is 16.3. The lowest BCUT2D eigenvalue weighted by Crippen LogP contribution is -2.65. The maximum Gasteiger partial charge on any atom is 0.255 e. The molecule has 0 aromatic heterocycles. The van der Waals surface area contributed by atoms with Crippen LogP contribution in [0.15, 0.2) is 29.0 Å². The predicted molar refractivity (Wildman–Crippen MR) is 116 cm³/mol. The highest BCUT2D eigenvalue weighted by molar-refractivity contribution is 6.24. The number of likely N-dealkylation sites (N-methyl/N-ethyl adjacent to an activating group) is 1. The number of amides is 1. The zero-order chi connectivity index (χ0) is 24.0. The molecule has 2 saturated carbocycles. The SMILES string of the molecule is CN(C)C1C(=O)C(C(N)=O)=C(O)C2(O)C(=O)C3=C(O)c4c(O)ccc(C5CC5)c4CC3CC12. The van der Waals surface area contributed by atoms with Crippen molar-refractivity contribution in [3.05, 3.63) is 45.7 Å². The Balaban J connectivity index is 1.74. The van der Waals surface area contributed by atoms with Crippen molar-refractivity contribution >= 4 is 23.2 Å². The molecule has 0 bridgehead atoms. The summed E-state index contributed by atoms with van der Waals surface area (Å²) >= 11 is 0. The van der Waals surface area contributed by atoms with Crippen LogP contribution in [0.3, 0.4) is 0 Å². The molecule has 1 aromatic carbocycles. The summed E-state index contributed by atoms with van der Waals surface area (Å²) in [5.74, 6) is -5.94. The van der Waals surface area contributed by atoms with Gasteiger partial charge in [0.05, 0.1) is 11.6 Å². The molecule has 0 spiro atoms. The average Bonchev–Trinajstić information content (AvgIpc) is 3.55. The fourth-order valence-corrected chi connectivity index (χ4v) is 6.04. The number of aliphatic hydroxyl groups is 3. The van der Waals surface area contributed by atoms with Crippen LogP contribution in [0.4, 0.5) is 0 Å². The number of ketones is 2. The van der Waals surface area contributed by atoms with Gasteiger partial charge in [0, 0.05) is 11.5 Å². The molecule has 1 amide bonds. The first kappa shape index (κ1) is 21.7. The van der Waals surface area contributed by atoms with E-state index in [9.17, 15) is 34.8 Å². The molecule has 33 heavy (non-hydrogen) atoms. The quantitative estimate of drug-likeness (QED) is 0.420. The lowest BCUT2D eigenvalue weighted by Gasteiger charge is -2.50. The number of fused-ring (bicyclic) bond motifs is 3. The number of nitrogens with two attached hydrogens (primary N) is 1. The van der Waals surface area contributed by atoms with Gasteiger partial charge in [0.15, 0.2) is 11.4 Å². The molecular formula is C24H26N2O7. The smallest absolute Gasteiger partial charge is 0.255 e. The molecule has 0 saturated heterocycles. The lowest BCUT2D eigenvalue weighted by molar-refractivity contribution is -0.153. The zero-order valence-corrected chi connectivity index (χ0v) is 18.3. The molecule has 2 fully saturated rings. The van der Waals surface area contributed by atoms with Crippen molar-refractivity contribution in [2.75, 3.05) is 14.1 Å². The third-order valence-electron chi connectivity index (χ3n) is 7.66. The predicted octanol–water partition coefficient (Wildman–Crippen LogP) is 0.841. The van der Waals surface area contributed by atoms with Gasteiger partial charge in [-0.25, -0.2) is 0 Å². The topological polar surface area (TPSA) is 161 Å². The van der Waals surface area contributed by atoms with Gasteiger partial charge in [-0.3, -0.25) is 19.3 Å². The van der Waals surface area contributed by atoms with E-state index in [4.69, 9.17) is 5.73 Å². The van der Waals surface area contributed by atoms with Crippen molar-refractivity contribution < 1.29 is 34.8 Å². The molecule has 1 aromatic rings. The van der Waals surface area contributed by atoms with Crippen molar-refractivity contribution in [3.8, 4) is 5.75 Å². The van der Waals surface area contributed by atoms with E-state index in [0.717, 1.165) is 24.0 Å². The Kier molecular flexibility index (Phi) is 4.54. The van der Waals surface area contributed by atoms with Crippen LogP contribution >= 0.6 is 0 Å². The number of carbonyl (C=O) groups is 3. The third-order valence-corrected chi connectivity index (χ3v) is 7.66. The van der Waals surface area contributed by atoms with E-state index in [0.29, 0.717) is 12.3 Å². The van der Waals surface area contributed by atoms with Crippen molar-refractivity contribution in [2.45, 2.75) is 43.2 Å². The monoisotopic (exact) mass is 454 g/mol. The summed E-state index contributed by atoms with van der Waals surface area (Å²) in [5.41, 5.74) is 3.73. The molecule has 0 heterocycles. The number of benzene rings is 1. The largest absolute Gasteiger partial charge is 0.508 e. The molecule has 4 aliphatic rings. The molecule has 5 rings (SSSR count). The Morgan fingerprint density at radius 2 is 1.79 bits per heavy atom. The van der Waals surface area contributed by atoms with Crippen LogP contribution in [0.25, 0.3) is 5.76 Å². The molecule has 4 unspecified atom stereocenters. The molecule has 0 aliphatic heterocycles. The normalized spacial score (nSPS) is 31.5. The average molecular weight is 454 g/mol. The van der Waals surface area contributed by atoms with Gasteiger partial charge >= 0.3 is 0 Å². The van der Waals surface area contributed by atoms with E-state index < -0.39 is 58.0 Å². The summed E-state index contributed by atoms with van der Waals surface area (Å²) in [4.78, 5) is 40.2. The van der Waals surface area contributed by atoms with Crippen molar-refractivity contribution in [1.29, 1.82) is 0 Å². The van der Waals surface area contributed by atoms with E-state index in [2.05, 4.69) is 0 Å². The number of nitrogens with zero attached hydrogens (tertiary/aromatic N) is 1. The molecule has 4 atom stereocenters. The van der Waals surface area contributed by atoms with Crippen LogP contribution in [-0.2, 0) is 20.8 Å². The Labute approximate surface area is 189 Å². The van der Waals surface area contributed by atoms with Crippen molar-refractivity contribution in [1.82, 2.24) is 4.90 Å². The maximum atomic E-state index is 13.7. The molecule has 9 nitrogen and oxygen atoms in total. The van der Waals surface area contributed by atoms with Gasteiger partial charge in [-0.2, -0.15) is 0 Å². The fourth-order valence-electron chi connectivity index (χ4n) is 6.04. The summed E-state index contributed by atoms with van der Waals surface area (Å²) in [6, 6.07) is 2.25. The number of phenolic OH excluding ortho intramolecular Hbond substituents is 1. The van der Waals surface area contributed by atoms with Gasteiger partial charge in [-0.05, 0) is 68.8 Å².